The van der Waals surface area contributed by atoms with E-state index in [0.29, 0.717) is 0 Å². The molecule has 1 aromatic heterocycles. The minimum absolute atomic E-state index is 0.0427. The van der Waals surface area contributed by atoms with Crippen LogP contribution in [0.3, 0.4) is 0 Å². The molecule has 1 heterocycles. The number of hydrogen-bond donors (Lipinski definition) is 1. The molecule has 5 nitrogen and oxygen atoms in total. The summed E-state index contributed by atoms with van der Waals surface area (Å²) >= 11 is 0. The second-order valence-corrected chi connectivity index (χ2v) is 4.08. The van der Waals surface area contributed by atoms with Crippen molar-refractivity contribution in [3.63, 3.8) is 0 Å². The lowest BCUT2D eigenvalue weighted by molar-refractivity contribution is -0.137. The summed E-state index contributed by atoms with van der Waals surface area (Å²) in [6.45, 7) is 0. The fraction of sp³-hybridized carbons (Fsp3) is 0.231. The summed E-state index contributed by atoms with van der Waals surface area (Å²) in [5, 5.41) is 0. The molecule has 1 aromatic carbocycles. The highest BCUT2D eigenvalue weighted by Crippen LogP contribution is 2.37. The number of hydrogen-bond acceptors (Lipinski definition) is 5. The average molecular weight is 299 g/mol. The standard InChI is InChI=1S/C13H12F3N3O2/c1-20-11-9(6-18-12(19-11)21-2)8-5-7(13(14,15)16)3-4-10(8)17/h3-6H,17H2,1-2H3. The summed E-state index contributed by atoms with van der Waals surface area (Å²) in [5.41, 5.74) is 5.49. The molecule has 0 amide bonds. The van der Waals surface area contributed by atoms with Gasteiger partial charge >= 0.3 is 12.2 Å². The lowest BCUT2D eigenvalue weighted by atomic mass is 10.0. The van der Waals surface area contributed by atoms with Crippen molar-refractivity contribution in [2.45, 2.75) is 6.18 Å². The Kier molecular flexibility index (Phi) is 3.88. The van der Waals surface area contributed by atoms with Crippen molar-refractivity contribution in [2.75, 3.05) is 20.0 Å². The quantitative estimate of drug-likeness (QED) is 0.882. The third-order valence-corrected chi connectivity index (χ3v) is 2.78. The SMILES string of the molecule is COc1ncc(-c2cc(C(F)(F)F)ccc2N)c(OC)n1. The second kappa shape index (κ2) is 5.47. The number of aromatic nitrogens is 2. The average Bonchev–Trinajstić information content (AvgIpc) is 2.46. The van der Waals surface area contributed by atoms with E-state index in [9.17, 15) is 13.2 Å². The molecule has 0 bridgehead atoms. The van der Waals surface area contributed by atoms with Crippen molar-refractivity contribution in [3.05, 3.63) is 30.0 Å². The molecule has 0 aliphatic carbocycles. The maximum atomic E-state index is 12.8. The summed E-state index contributed by atoms with van der Waals surface area (Å²) in [7, 11) is 2.71. The molecule has 0 fully saturated rings. The smallest absolute Gasteiger partial charge is 0.416 e. The van der Waals surface area contributed by atoms with Crippen molar-refractivity contribution < 1.29 is 22.6 Å². The number of rotatable bonds is 3. The Morgan fingerprint density at radius 3 is 2.38 bits per heavy atom. The van der Waals surface area contributed by atoms with Gasteiger partial charge in [0.25, 0.3) is 0 Å². The van der Waals surface area contributed by atoms with Gasteiger partial charge in [-0.1, -0.05) is 0 Å². The third-order valence-electron chi connectivity index (χ3n) is 2.78. The zero-order valence-electron chi connectivity index (χ0n) is 11.2. The van der Waals surface area contributed by atoms with E-state index in [1.165, 1.54) is 26.5 Å². The Bertz CT molecular complexity index is 660. The zero-order chi connectivity index (χ0) is 15.6. The maximum Gasteiger partial charge on any atom is 0.416 e. The van der Waals surface area contributed by atoms with Gasteiger partial charge in [0.1, 0.15) is 0 Å². The van der Waals surface area contributed by atoms with Gasteiger partial charge in [0.05, 0.1) is 25.3 Å². The molecule has 0 saturated carbocycles. The first kappa shape index (κ1) is 14.9. The van der Waals surface area contributed by atoms with Crippen LogP contribution in [0.15, 0.2) is 24.4 Å². The molecule has 0 spiro atoms. The Morgan fingerprint density at radius 2 is 1.81 bits per heavy atom. The second-order valence-electron chi connectivity index (χ2n) is 4.08. The maximum absolute atomic E-state index is 12.8. The van der Waals surface area contributed by atoms with Crippen LogP contribution in [0, 0.1) is 0 Å². The van der Waals surface area contributed by atoms with Crippen LogP contribution in [-0.4, -0.2) is 24.2 Å². The van der Waals surface area contributed by atoms with Crippen LogP contribution in [-0.2, 0) is 6.18 Å². The van der Waals surface area contributed by atoms with Crippen molar-refractivity contribution in [1.82, 2.24) is 9.97 Å². The molecule has 112 valence electrons. The fourth-order valence-electron chi connectivity index (χ4n) is 1.76. The molecule has 21 heavy (non-hydrogen) atoms. The van der Waals surface area contributed by atoms with Crippen molar-refractivity contribution in [1.29, 1.82) is 0 Å². The number of anilines is 1. The van der Waals surface area contributed by atoms with Gasteiger partial charge in [-0.2, -0.15) is 18.2 Å². The van der Waals surface area contributed by atoms with Gasteiger partial charge in [-0.25, -0.2) is 4.98 Å². The lowest BCUT2D eigenvalue weighted by Crippen LogP contribution is -2.06. The van der Waals surface area contributed by atoms with Gasteiger partial charge in [0.2, 0.25) is 5.88 Å². The minimum atomic E-state index is -4.47. The Morgan fingerprint density at radius 1 is 1.10 bits per heavy atom. The summed E-state index contributed by atoms with van der Waals surface area (Å²) in [4.78, 5) is 7.79. The van der Waals surface area contributed by atoms with Crippen LogP contribution < -0.4 is 15.2 Å². The zero-order valence-corrected chi connectivity index (χ0v) is 11.2. The molecule has 0 radical (unpaired) electrons. The summed E-state index contributed by atoms with van der Waals surface area (Å²) < 4.78 is 48.3. The van der Waals surface area contributed by atoms with Crippen LogP contribution in [0.1, 0.15) is 5.56 Å². The monoisotopic (exact) mass is 299 g/mol. The summed E-state index contributed by atoms with van der Waals surface area (Å²) in [5.74, 6) is 0.0767. The minimum Gasteiger partial charge on any atom is -0.480 e. The van der Waals surface area contributed by atoms with Crippen LogP contribution in [0.2, 0.25) is 0 Å². The highest BCUT2D eigenvalue weighted by molar-refractivity contribution is 5.79. The highest BCUT2D eigenvalue weighted by atomic mass is 19.4. The predicted octanol–water partition coefficient (Wildman–Crippen LogP) is 2.76. The number of nitrogens with zero attached hydrogens (tertiary/aromatic N) is 2. The Labute approximate surface area is 118 Å². The number of methoxy groups -OCH3 is 2. The molecule has 0 saturated heterocycles. The van der Waals surface area contributed by atoms with Crippen molar-refractivity contribution in [3.8, 4) is 23.0 Å². The number of benzene rings is 1. The molecule has 0 unspecified atom stereocenters. The number of nitrogen functional groups attached to an aromatic ring is 1. The first-order chi connectivity index (χ1) is 9.86. The van der Waals surface area contributed by atoms with E-state index in [4.69, 9.17) is 15.2 Å². The van der Waals surface area contributed by atoms with Gasteiger partial charge in [-0.3, -0.25) is 0 Å². The molecule has 0 aliphatic rings. The molecular weight excluding hydrogens is 287 g/mol. The van der Waals surface area contributed by atoms with Crippen molar-refractivity contribution >= 4 is 5.69 Å². The van der Waals surface area contributed by atoms with Crippen LogP contribution in [0.4, 0.5) is 18.9 Å². The molecule has 0 atom stereocenters. The van der Waals surface area contributed by atoms with E-state index in [1.54, 1.807) is 0 Å². The van der Waals surface area contributed by atoms with Gasteiger partial charge in [0.15, 0.2) is 0 Å². The van der Waals surface area contributed by atoms with E-state index >= 15 is 0 Å². The fourth-order valence-corrected chi connectivity index (χ4v) is 1.76. The molecule has 2 aromatic rings. The van der Waals surface area contributed by atoms with Gasteiger partial charge in [0, 0.05) is 17.4 Å². The largest absolute Gasteiger partial charge is 0.480 e. The van der Waals surface area contributed by atoms with E-state index in [-0.39, 0.29) is 28.7 Å². The Hall–Kier alpha value is -2.51. The molecule has 2 N–H and O–H groups in total. The predicted molar refractivity (Wildman–Crippen MR) is 70.0 cm³/mol. The lowest BCUT2D eigenvalue weighted by Gasteiger charge is -2.13. The molecule has 0 aliphatic heterocycles. The molecule has 8 heteroatoms. The van der Waals surface area contributed by atoms with Crippen LogP contribution in [0.25, 0.3) is 11.1 Å². The normalized spacial score (nSPS) is 11.3. The van der Waals surface area contributed by atoms with E-state index < -0.39 is 11.7 Å². The number of halogens is 3. The number of ether oxygens (including phenoxy) is 2. The highest BCUT2D eigenvalue weighted by Gasteiger charge is 2.31. The first-order valence-electron chi connectivity index (χ1n) is 5.79. The van der Waals surface area contributed by atoms with Gasteiger partial charge in [-0.05, 0) is 18.2 Å². The topological polar surface area (TPSA) is 70.3 Å². The number of nitrogens with two attached hydrogens (primary N) is 1. The first-order valence-corrected chi connectivity index (χ1v) is 5.79. The van der Waals surface area contributed by atoms with Gasteiger partial charge in [-0.15, -0.1) is 0 Å². The van der Waals surface area contributed by atoms with E-state index in [1.807, 2.05) is 0 Å². The summed E-state index contributed by atoms with van der Waals surface area (Å²) in [6.07, 6.45) is -3.17. The van der Waals surface area contributed by atoms with E-state index in [2.05, 4.69) is 9.97 Å². The molecule has 2 rings (SSSR count). The third kappa shape index (κ3) is 2.99. The van der Waals surface area contributed by atoms with Gasteiger partial charge < -0.3 is 15.2 Å². The van der Waals surface area contributed by atoms with Crippen molar-refractivity contribution in [2.24, 2.45) is 0 Å². The van der Waals surface area contributed by atoms with Crippen LogP contribution >= 0.6 is 0 Å². The summed E-state index contributed by atoms with van der Waals surface area (Å²) in [6, 6.07) is 3.07. The Balaban J connectivity index is 2.61. The molecular formula is C13H12F3N3O2. The van der Waals surface area contributed by atoms with E-state index in [0.717, 1.165) is 12.1 Å². The number of alkyl halides is 3. The van der Waals surface area contributed by atoms with Crippen LogP contribution in [0.5, 0.6) is 11.9 Å².